The van der Waals surface area contributed by atoms with E-state index in [1.165, 1.54) is 37.4 Å². The number of nitrogens with zero attached hydrogens (tertiary/aromatic N) is 3. The van der Waals surface area contributed by atoms with Gasteiger partial charge < -0.3 is 9.67 Å². The SMILES string of the molecule is CC1(Cn2cnnc2SCC(=O)O)CCCC1. The van der Waals surface area contributed by atoms with Gasteiger partial charge in [-0.2, -0.15) is 0 Å². The van der Waals surface area contributed by atoms with E-state index in [1.807, 2.05) is 4.57 Å². The van der Waals surface area contributed by atoms with E-state index in [0.717, 1.165) is 6.54 Å². The van der Waals surface area contributed by atoms with Gasteiger partial charge in [-0.3, -0.25) is 4.79 Å². The molecule has 17 heavy (non-hydrogen) atoms. The summed E-state index contributed by atoms with van der Waals surface area (Å²) in [7, 11) is 0. The van der Waals surface area contributed by atoms with Gasteiger partial charge in [-0.25, -0.2) is 0 Å². The van der Waals surface area contributed by atoms with Crippen molar-refractivity contribution in [2.45, 2.75) is 44.3 Å². The van der Waals surface area contributed by atoms with Gasteiger partial charge in [0, 0.05) is 6.54 Å². The van der Waals surface area contributed by atoms with Crippen molar-refractivity contribution in [3.8, 4) is 0 Å². The second-order valence-electron chi connectivity index (χ2n) is 4.94. The van der Waals surface area contributed by atoms with Gasteiger partial charge in [0.2, 0.25) is 0 Å². The topological polar surface area (TPSA) is 68.0 Å². The highest BCUT2D eigenvalue weighted by atomic mass is 32.2. The number of carbonyl (C=O) groups is 1. The fourth-order valence-electron chi connectivity index (χ4n) is 2.39. The predicted molar refractivity (Wildman–Crippen MR) is 65.0 cm³/mol. The van der Waals surface area contributed by atoms with Crippen LogP contribution in [0.4, 0.5) is 0 Å². The van der Waals surface area contributed by atoms with E-state index in [-0.39, 0.29) is 5.75 Å². The molecular formula is C11H17N3O2S. The number of thioether (sulfide) groups is 1. The smallest absolute Gasteiger partial charge is 0.313 e. The van der Waals surface area contributed by atoms with Crippen LogP contribution in [0.2, 0.25) is 0 Å². The summed E-state index contributed by atoms with van der Waals surface area (Å²) in [4.78, 5) is 10.5. The zero-order chi connectivity index (χ0) is 12.3. The van der Waals surface area contributed by atoms with E-state index in [4.69, 9.17) is 5.11 Å². The minimum absolute atomic E-state index is 0.0371. The first-order valence-corrected chi connectivity index (χ1v) is 6.80. The Labute approximate surface area is 105 Å². The number of aliphatic carboxylic acids is 1. The Hall–Kier alpha value is -1.04. The van der Waals surface area contributed by atoms with Crippen LogP contribution in [0.5, 0.6) is 0 Å². The Morgan fingerprint density at radius 1 is 1.59 bits per heavy atom. The summed E-state index contributed by atoms with van der Waals surface area (Å²) < 4.78 is 1.99. The minimum Gasteiger partial charge on any atom is -0.481 e. The molecule has 1 fully saturated rings. The summed E-state index contributed by atoms with van der Waals surface area (Å²) >= 11 is 1.23. The molecule has 6 heteroatoms. The fraction of sp³-hybridized carbons (Fsp3) is 0.727. The maximum Gasteiger partial charge on any atom is 0.313 e. The third-order valence-electron chi connectivity index (χ3n) is 3.27. The molecule has 0 aromatic carbocycles. The number of aromatic nitrogens is 3. The molecule has 0 unspecified atom stereocenters. The number of rotatable bonds is 5. The van der Waals surface area contributed by atoms with E-state index < -0.39 is 5.97 Å². The fourth-order valence-corrected chi connectivity index (χ4v) is 3.02. The third kappa shape index (κ3) is 3.21. The van der Waals surface area contributed by atoms with Gasteiger partial charge in [0.05, 0.1) is 5.75 Å². The zero-order valence-corrected chi connectivity index (χ0v) is 10.7. The van der Waals surface area contributed by atoms with Gasteiger partial charge in [-0.15, -0.1) is 10.2 Å². The first kappa shape index (κ1) is 12.4. The predicted octanol–water partition coefficient (Wildman–Crippen LogP) is 2.04. The Bertz CT molecular complexity index is 399. The van der Waals surface area contributed by atoms with Crippen molar-refractivity contribution in [1.82, 2.24) is 14.8 Å². The van der Waals surface area contributed by atoms with Crippen molar-refractivity contribution < 1.29 is 9.90 Å². The molecule has 0 atom stereocenters. The average Bonchev–Trinajstić information content (AvgIpc) is 2.85. The van der Waals surface area contributed by atoms with Gasteiger partial charge >= 0.3 is 5.97 Å². The number of hydrogen-bond acceptors (Lipinski definition) is 4. The normalized spacial score (nSPS) is 18.4. The largest absolute Gasteiger partial charge is 0.481 e. The molecule has 0 bridgehead atoms. The quantitative estimate of drug-likeness (QED) is 0.815. The van der Waals surface area contributed by atoms with Crippen LogP contribution in [0.25, 0.3) is 0 Å². The average molecular weight is 255 g/mol. The molecule has 0 radical (unpaired) electrons. The highest BCUT2D eigenvalue weighted by molar-refractivity contribution is 7.99. The van der Waals surface area contributed by atoms with Crippen LogP contribution in [0, 0.1) is 5.41 Å². The Morgan fingerprint density at radius 2 is 2.29 bits per heavy atom. The summed E-state index contributed by atoms with van der Waals surface area (Å²) in [5.74, 6) is -0.785. The molecule has 1 aliphatic carbocycles. The molecular weight excluding hydrogens is 238 g/mol. The summed E-state index contributed by atoms with van der Waals surface area (Å²) in [6.07, 6.45) is 6.74. The van der Waals surface area contributed by atoms with Gasteiger partial charge in [0.1, 0.15) is 6.33 Å². The first-order chi connectivity index (χ1) is 8.09. The van der Waals surface area contributed by atoms with E-state index >= 15 is 0 Å². The summed E-state index contributed by atoms with van der Waals surface area (Å²) in [5.41, 5.74) is 0.320. The number of carboxylic acids is 1. The molecule has 1 N–H and O–H groups in total. The standard InChI is InChI=1S/C11H17N3O2S/c1-11(4-2-3-5-11)7-14-8-12-13-10(14)17-6-9(15)16/h8H,2-7H2,1H3,(H,15,16). The molecule has 1 aromatic rings. The van der Waals surface area contributed by atoms with Gasteiger partial charge in [-0.1, -0.05) is 31.5 Å². The molecule has 2 rings (SSSR count). The molecule has 0 spiro atoms. The summed E-state index contributed by atoms with van der Waals surface area (Å²) in [6, 6.07) is 0. The van der Waals surface area contributed by atoms with E-state index in [0.29, 0.717) is 10.6 Å². The van der Waals surface area contributed by atoms with Crippen molar-refractivity contribution in [3.63, 3.8) is 0 Å². The Balaban J connectivity index is 2.00. The number of carboxylic acid groups (broad SMARTS) is 1. The second-order valence-corrected chi connectivity index (χ2v) is 5.88. The highest BCUT2D eigenvalue weighted by Crippen LogP contribution is 2.39. The van der Waals surface area contributed by atoms with Crippen LogP contribution in [0.3, 0.4) is 0 Å². The minimum atomic E-state index is -0.823. The van der Waals surface area contributed by atoms with Crippen molar-refractivity contribution >= 4 is 17.7 Å². The highest BCUT2D eigenvalue weighted by Gasteiger charge is 2.29. The second kappa shape index (κ2) is 5.08. The van der Waals surface area contributed by atoms with E-state index in [9.17, 15) is 4.79 Å². The van der Waals surface area contributed by atoms with Gasteiger partial charge in [-0.05, 0) is 18.3 Å². The molecule has 0 amide bonds. The zero-order valence-electron chi connectivity index (χ0n) is 9.93. The van der Waals surface area contributed by atoms with Crippen LogP contribution in [0.1, 0.15) is 32.6 Å². The first-order valence-electron chi connectivity index (χ1n) is 5.81. The van der Waals surface area contributed by atoms with Crippen LogP contribution in [0.15, 0.2) is 11.5 Å². The molecule has 5 nitrogen and oxygen atoms in total. The summed E-state index contributed by atoms with van der Waals surface area (Å²) in [6.45, 7) is 3.17. The molecule has 0 aliphatic heterocycles. The van der Waals surface area contributed by atoms with Crippen LogP contribution in [-0.2, 0) is 11.3 Å². The molecule has 1 aliphatic rings. The maximum absolute atomic E-state index is 10.5. The van der Waals surface area contributed by atoms with E-state index in [2.05, 4.69) is 17.1 Å². The van der Waals surface area contributed by atoms with Crippen molar-refractivity contribution in [3.05, 3.63) is 6.33 Å². The number of hydrogen-bond donors (Lipinski definition) is 1. The Kier molecular flexibility index (Phi) is 3.71. The molecule has 1 heterocycles. The van der Waals surface area contributed by atoms with Gasteiger partial charge in [0.25, 0.3) is 0 Å². The lowest BCUT2D eigenvalue weighted by Gasteiger charge is -2.24. The maximum atomic E-state index is 10.5. The molecule has 0 saturated heterocycles. The van der Waals surface area contributed by atoms with Crippen molar-refractivity contribution in [2.24, 2.45) is 5.41 Å². The van der Waals surface area contributed by atoms with Crippen LogP contribution >= 0.6 is 11.8 Å². The lowest BCUT2D eigenvalue weighted by atomic mass is 9.89. The van der Waals surface area contributed by atoms with Crippen LogP contribution in [-0.4, -0.2) is 31.6 Å². The van der Waals surface area contributed by atoms with Crippen molar-refractivity contribution in [2.75, 3.05) is 5.75 Å². The van der Waals surface area contributed by atoms with Crippen molar-refractivity contribution in [1.29, 1.82) is 0 Å². The molecule has 1 saturated carbocycles. The van der Waals surface area contributed by atoms with Crippen LogP contribution < -0.4 is 0 Å². The lowest BCUT2D eigenvalue weighted by molar-refractivity contribution is -0.133. The molecule has 1 aromatic heterocycles. The third-order valence-corrected chi connectivity index (χ3v) is 4.23. The lowest BCUT2D eigenvalue weighted by Crippen LogP contribution is -2.19. The molecule has 94 valence electrons. The summed E-state index contributed by atoms with van der Waals surface area (Å²) in [5, 5.41) is 17.2. The van der Waals surface area contributed by atoms with Gasteiger partial charge in [0.15, 0.2) is 5.16 Å². The monoisotopic (exact) mass is 255 g/mol. The Morgan fingerprint density at radius 3 is 2.94 bits per heavy atom. The van der Waals surface area contributed by atoms with E-state index in [1.54, 1.807) is 6.33 Å².